The fourth-order valence-corrected chi connectivity index (χ4v) is 36.4. The van der Waals surface area contributed by atoms with Gasteiger partial charge >= 0.3 is 322 Å². The number of hydrogen-bond donors (Lipinski definition) is 0. The van der Waals surface area contributed by atoms with Crippen molar-refractivity contribution < 1.29 is 4.74 Å². The second-order valence-electron chi connectivity index (χ2n) is 36.6. The van der Waals surface area contributed by atoms with Gasteiger partial charge in [-0.05, 0) is 130 Å². The Bertz CT molecular complexity index is 3590. The van der Waals surface area contributed by atoms with Crippen LogP contribution in [0, 0.1) is 0 Å². The van der Waals surface area contributed by atoms with Crippen molar-refractivity contribution in [3.63, 3.8) is 0 Å². The van der Waals surface area contributed by atoms with E-state index in [1.165, 1.54) is 427 Å². The maximum atomic E-state index is 4.94. The maximum absolute atomic E-state index is 4.94. The molecule has 0 aromatic carbocycles. The van der Waals surface area contributed by atoms with Crippen molar-refractivity contribution in [2.75, 3.05) is 13.2 Å². The Kier molecular flexibility index (Phi) is 60.3. The molecule has 0 spiro atoms. The summed E-state index contributed by atoms with van der Waals surface area (Å²) in [5.74, 6) is 0. The van der Waals surface area contributed by atoms with E-state index in [9.17, 15) is 0 Å². The minimum absolute atomic E-state index is 1.00. The SMILES string of the molecule is C1CCOC1.CCCCCCCCCCCC.CCCCCCCCCCCCc1c[c]([Sn]([CH3])([CH3])[CH3])sc1-c1ccc(/C=C/c2ccc(-c3s[c]([Sn]([CH3])([CH3])[CH3])cc3CCCCCCCCCCCC)s2)s1.CCCCCCCCCCCCc1cc(Br)sc1-c1ccc(/C=C/c2ccc(-c3sc(Br)cc3CCCCCCCCCCCC)s2)s1. The summed E-state index contributed by atoms with van der Waals surface area (Å²) >= 11 is 19.2. The number of unbranched alkanes of at least 4 members (excludes halogenated alkanes) is 45. The molecule has 1 saturated heterocycles. The Balaban J connectivity index is 0.000000309. The van der Waals surface area contributed by atoms with E-state index in [0.29, 0.717) is 0 Å². The van der Waals surface area contributed by atoms with Crippen LogP contribution < -0.4 is 5.79 Å². The van der Waals surface area contributed by atoms with E-state index in [4.69, 9.17) is 4.74 Å². The first-order valence-corrected chi connectivity index (χ1v) is 77.2. The van der Waals surface area contributed by atoms with Crippen molar-refractivity contribution in [1.82, 2.24) is 0 Å². The Morgan fingerprint density at radius 3 is 0.639 bits per heavy atom. The van der Waals surface area contributed by atoms with Gasteiger partial charge in [0.05, 0.1) is 7.57 Å². The first kappa shape index (κ1) is 107. The average molecular weight is 2110 g/mol. The van der Waals surface area contributed by atoms with Crippen molar-refractivity contribution in [2.45, 2.75) is 431 Å². The molecule has 668 valence electrons. The molecule has 0 N–H and O–H groups in total. The molecule has 0 atom stereocenters. The van der Waals surface area contributed by atoms with Crippen LogP contribution in [-0.4, -0.2) is 50.0 Å². The third kappa shape index (κ3) is 46.6. The average Bonchev–Trinajstić information content (AvgIpc) is 1.62. The van der Waals surface area contributed by atoms with Crippen LogP contribution in [0.2, 0.25) is 29.6 Å². The molecule has 9 heterocycles. The summed E-state index contributed by atoms with van der Waals surface area (Å²) in [7, 11) is 0. The Labute approximate surface area is 790 Å². The smallest absolute Gasteiger partial charge is 0.0708 e. The molecule has 13 heteroatoms. The summed E-state index contributed by atoms with van der Waals surface area (Å²) < 4.78 is 10.9. The van der Waals surface area contributed by atoms with E-state index >= 15 is 0 Å². The van der Waals surface area contributed by atoms with E-state index in [1.807, 2.05) is 68.0 Å². The fraction of sp³-hybridized carbons (Fsp3) is 0.660. The molecule has 0 aliphatic carbocycles. The van der Waals surface area contributed by atoms with Gasteiger partial charge in [-0.15, -0.1) is 45.3 Å². The molecule has 0 radical (unpaired) electrons. The molecule has 1 fully saturated rings. The second-order valence-corrected chi connectivity index (χ2v) is 78.8. The van der Waals surface area contributed by atoms with Crippen molar-refractivity contribution in [2.24, 2.45) is 0 Å². The Morgan fingerprint density at radius 1 is 0.252 bits per heavy atom. The topological polar surface area (TPSA) is 9.23 Å². The zero-order chi connectivity index (χ0) is 85.2. The van der Waals surface area contributed by atoms with Gasteiger partial charge in [0.15, 0.2) is 0 Å². The zero-order valence-electron chi connectivity index (χ0n) is 77.7. The summed E-state index contributed by atoms with van der Waals surface area (Å²) in [6, 6.07) is 28.8. The van der Waals surface area contributed by atoms with E-state index in [1.54, 1.807) is 26.7 Å². The third-order valence-electron chi connectivity index (χ3n) is 23.4. The van der Waals surface area contributed by atoms with E-state index in [-0.39, 0.29) is 0 Å². The van der Waals surface area contributed by atoms with Crippen LogP contribution in [-0.2, 0) is 30.4 Å². The van der Waals surface area contributed by atoms with Crippen molar-refractivity contribution in [3.05, 3.63) is 122 Å². The molecule has 0 amide bonds. The molecule has 119 heavy (non-hydrogen) atoms. The van der Waals surface area contributed by atoms with Gasteiger partial charge < -0.3 is 4.74 Å². The van der Waals surface area contributed by atoms with Gasteiger partial charge in [-0.3, -0.25) is 0 Å². The van der Waals surface area contributed by atoms with Gasteiger partial charge in [0.1, 0.15) is 0 Å². The molecule has 0 unspecified atom stereocenters. The molecule has 0 saturated carbocycles. The summed E-state index contributed by atoms with van der Waals surface area (Å²) in [6.45, 7) is 15.8. The van der Waals surface area contributed by atoms with Crippen LogP contribution in [0.15, 0.2) is 80.4 Å². The number of aryl methyl sites for hydroxylation is 4. The van der Waals surface area contributed by atoms with Crippen LogP contribution in [0.25, 0.3) is 63.3 Å². The normalized spacial score (nSPS) is 12.5. The Hall–Kier alpha value is -0.403. The van der Waals surface area contributed by atoms with E-state index in [2.05, 4.69) is 223 Å². The van der Waals surface area contributed by atoms with Crippen LogP contribution >= 0.6 is 123 Å². The number of thiophene rings is 8. The molecular weight excluding hydrogens is 1940 g/mol. The molecule has 1 aliphatic heterocycles. The van der Waals surface area contributed by atoms with Gasteiger partial charge in [0.25, 0.3) is 0 Å². The monoisotopic (exact) mass is 2110 g/mol. The molecule has 0 bridgehead atoms. The van der Waals surface area contributed by atoms with Gasteiger partial charge in [-0.2, -0.15) is 0 Å². The van der Waals surface area contributed by atoms with Crippen molar-refractivity contribution in [3.8, 4) is 39.0 Å². The van der Waals surface area contributed by atoms with Crippen LogP contribution in [0.1, 0.15) is 417 Å². The third-order valence-corrected chi connectivity index (χ3v) is 52.9. The minimum atomic E-state index is -2.14. The first-order valence-electron chi connectivity index (χ1n) is 49.2. The Morgan fingerprint density at radius 2 is 0.445 bits per heavy atom. The largest absolute Gasteiger partial charge is 0.135 e. The van der Waals surface area contributed by atoms with Crippen molar-refractivity contribution >= 4 is 189 Å². The number of rotatable bonds is 63. The summed E-state index contributed by atoms with van der Waals surface area (Å²) in [4.78, 5) is 32.7. The number of hydrogen-bond acceptors (Lipinski definition) is 9. The van der Waals surface area contributed by atoms with Gasteiger partial charge in [-0.1, -0.05) is 247 Å². The summed E-state index contributed by atoms with van der Waals surface area (Å²) in [5.41, 5.74) is 6.29. The summed E-state index contributed by atoms with van der Waals surface area (Å²) in [5, 5.41) is 0. The fourth-order valence-electron chi connectivity index (χ4n) is 15.8. The predicted octanol–water partition coefficient (Wildman–Crippen LogP) is 41.1. The molecule has 8 aromatic rings. The first-order chi connectivity index (χ1) is 58.0. The predicted molar refractivity (Wildman–Crippen MR) is 570 cm³/mol. The molecular formula is C106H168Br2OS8Sn2. The molecule has 9 rings (SSSR count). The van der Waals surface area contributed by atoms with Crippen LogP contribution in [0.3, 0.4) is 0 Å². The van der Waals surface area contributed by atoms with Crippen LogP contribution in [0.4, 0.5) is 0 Å². The number of ether oxygens (including phenoxy) is 1. The minimum Gasteiger partial charge on any atom is -0.135 e. The number of halogens is 2. The second kappa shape index (κ2) is 66.9. The summed E-state index contributed by atoms with van der Waals surface area (Å²) in [6.07, 6.45) is 87.2. The molecule has 8 aromatic heterocycles. The van der Waals surface area contributed by atoms with Gasteiger partial charge in [-0.25, -0.2) is 0 Å². The van der Waals surface area contributed by atoms with Crippen molar-refractivity contribution in [1.29, 1.82) is 0 Å². The zero-order valence-corrected chi connectivity index (χ0v) is 93.1. The van der Waals surface area contributed by atoms with Crippen LogP contribution in [0.5, 0.6) is 0 Å². The molecule has 1 aliphatic rings. The van der Waals surface area contributed by atoms with E-state index in [0.717, 1.165) is 13.2 Å². The molecule has 1 nitrogen and oxygen atoms in total. The van der Waals surface area contributed by atoms with Gasteiger partial charge in [0.2, 0.25) is 0 Å². The maximum Gasteiger partial charge on any atom is 0.0708 e. The standard InChI is InChI=1S/C42H58Br2S4.C42H58S4.C12H26.C4H8O.6CH3.2Sn/c1-3-5-7-9-11-13-15-17-19-21-23-33-31-39(43)47-41(33)37-29-27-35(45-37)25-26-36-28-30-38(46-36)42-34(32-40(44)48-42)24-22-20-18-16-14-12-10-8-6-4-2;1-3-5-7-9-11-13-15-17-19-21-23-35-31-33-43-41(35)39-29-27-37(45-39)25-26-38-28-30-40(46-38)42-36(32-34-44-42)24-22-20-18-16-14-12-10-8-6-4-2;1-3-5-7-9-11-12-10-8-6-4-2;1-2-4-5-3-1;;;;;;;;/h25-32H,3-24H2,1-2H3;25-32H,3-24H2,1-2H3;3-12H2,1-2H3;1-4H2;6*1H3;;/b2*26-25+;;;;;;;;;;. The quantitative estimate of drug-likeness (QED) is 0.0273. The van der Waals surface area contributed by atoms with Gasteiger partial charge in [0, 0.05) is 42.5 Å². The van der Waals surface area contributed by atoms with E-state index < -0.39 is 36.8 Å².